The molecule has 24 heavy (non-hydrogen) atoms. The summed E-state index contributed by atoms with van der Waals surface area (Å²) in [5.74, 6) is 0.532. The Balaban J connectivity index is 2.01. The molecule has 1 aromatic carbocycles. The number of likely N-dealkylation sites (N-methyl/N-ethyl adjacent to an activating group) is 2. The maximum Gasteiger partial charge on any atom is 0.244 e. The van der Waals surface area contributed by atoms with Gasteiger partial charge in [-0.15, -0.1) is 0 Å². The number of amides is 1. The molecule has 5 nitrogen and oxygen atoms in total. The summed E-state index contributed by atoms with van der Waals surface area (Å²) in [6.45, 7) is 0.602. The Bertz CT molecular complexity index is 683. The molecule has 0 saturated carbocycles. The van der Waals surface area contributed by atoms with Gasteiger partial charge in [-0.1, -0.05) is 18.2 Å². The van der Waals surface area contributed by atoms with Crippen molar-refractivity contribution in [2.24, 2.45) is 7.05 Å². The summed E-state index contributed by atoms with van der Waals surface area (Å²) < 4.78 is 16.1. The first kappa shape index (κ1) is 18.1. The summed E-state index contributed by atoms with van der Waals surface area (Å²) in [5.41, 5.74) is 0.406. The van der Waals surface area contributed by atoms with Crippen LogP contribution < -0.4 is 0 Å². The van der Waals surface area contributed by atoms with Crippen LogP contribution in [-0.2, 0) is 18.3 Å². The first-order valence-electron chi connectivity index (χ1n) is 8.04. The topological polar surface area (TPSA) is 41.4 Å². The number of aryl methyl sites for hydroxylation is 2. The van der Waals surface area contributed by atoms with Gasteiger partial charge in [0.15, 0.2) is 0 Å². The van der Waals surface area contributed by atoms with Crippen molar-refractivity contribution in [3.63, 3.8) is 0 Å². The van der Waals surface area contributed by atoms with Gasteiger partial charge in [-0.05, 0) is 26.6 Å². The summed E-state index contributed by atoms with van der Waals surface area (Å²) in [5, 5.41) is 0. The number of carbonyl (C=O) groups excluding carboxylic acids is 1. The van der Waals surface area contributed by atoms with Crippen LogP contribution in [0.1, 0.15) is 23.9 Å². The Kier molecular flexibility index (Phi) is 6.09. The SMILES string of the molecule is CN(CCCc1nccn1C)C(=O)[C@H](c1ccccc1F)N(C)C. The molecule has 2 rings (SSSR count). The molecule has 0 spiro atoms. The summed E-state index contributed by atoms with van der Waals surface area (Å²) in [7, 11) is 7.29. The van der Waals surface area contributed by atoms with Gasteiger partial charge in [0.1, 0.15) is 17.7 Å². The highest BCUT2D eigenvalue weighted by Gasteiger charge is 2.28. The number of carbonyl (C=O) groups is 1. The third-order valence-electron chi connectivity index (χ3n) is 4.14. The molecular formula is C18H25FN4O. The van der Waals surface area contributed by atoms with E-state index in [0.717, 1.165) is 18.7 Å². The van der Waals surface area contributed by atoms with Gasteiger partial charge in [0.25, 0.3) is 0 Å². The van der Waals surface area contributed by atoms with E-state index in [1.807, 2.05) is 17.8 Å². The molecule has 2 aromatic rings. The van der Waals surface area contributed by atoms with Crippen molar-refractivity contribution in [3.8, 4) is 0 Å². The van der Waals surface area contributed by atoms with Gasteiger partial charge >= 0.3 is 0 Å². The van der Waals surface area contributed by atoms with Crippen LogP contribution in [0.2, 0.25) is 0 Å². The second-order valence-corrected chi connectivity index (χ2v) is 6.21. The Morgan fingerprint density at radius 1 is 1.29 bits per heavy atom. The van der Waals surface area contributed by atoms with Crippen molar-refractivity contribution < 1.29 is 9.18 Å². The fraction of sp³-hybridized carbons (Fsp3) is 0.444. The second kappa shape index (κ2) is 8.06. The fourth-order valence-electron chi connectivity index (χ4n) is 2.76. The zero-order chi connectivity index (χ0) is 17.7. The average molecular weight is 332 g/mol. The number of benzene rings is 1. The normalized spacial score (nSPS) is 12.4. The monoisotopic (exact) mass is 332 g/mol. The highest BCUT2D eigenvalue weighted by atomic mass is 19.1. The molecular weight excluding hydrogens is 307 g/mol. The van der Waals surface area contributed by atoms with Gasteiger partial charge in [0.2, 0.25) is 5.91 Å². The zero-order valence-electron chi connectivity index (χ0n) is 14.7. The van der Waals surface area contributed by atoms with Crippen LogP contribution in [0.4, 0.5) is 4.39 Å². The lowest BCUT2D eigenvalue weighted by Crippen LogP contribution is -2.39. The lowest BCUT2D eigenvalue weighted by atomic mass is 10.0. The first-order chi connectivity index (χ1) is 11.4. The highest BCUT2D eigenvalue weighted by Crippen LogP contribution is 2.23. The van der Waals surface area contributed by atoms with Crippen molar-refractivity contribution in [2.45, 2.75) is 18.9 Å². The smallest absolute Gasteiger partial charge is 0.244 e. The predicted molar refractivity (Wildman–Crippen MR) is 92.0 cm³/mol. The quantitative estimate of drug-likeness (QED) is 0.781. The van der Waals surface area contributed by atoms with E-state index >= 15 is 0 Å². The average Bonchev–Trinajstić information content (AvgIpc) is 2.94. The van der Waals surface area contributed by atoms with E-state index in [-0.39, 0.29) is 11.7 Å². The molecule has 0 N–H and O–H groups in total. The molecule has 0 radical (unpaired) electrons. The minimum Gasteiger partial charge on any atom is -0.344 e. The number of halogens is 1. The third-order valence-corrected chi connectivity index (χ3v) is 4.14. The van der Waals surface area contributed by atoms with Crippen LogP contribution in [0.25, 0.3) is 0 Å². The summed E-state index contributed by atoms with van der Waals surface area (Å²) in [6, 6.07) is 5.82. The van der Waals surface area contributed by atoms with E-state index < -0.39 is 6.04 Å². The van der Waals surface area contributed by atoms with Crippen LogP contribution in [0.5, 0.6) is 0 Å². The van der Waals surface area contributed by atoms with Crippen molar-refractivity contribution in [1.82, 2.24) is 19.4 Å². The number of hydrogen-bond acceptors (Lipinski definition) is 3. The second-order valence-electron chi connectivity index (χ2n) is 6.21. The summed E-state index contributed by atoms with van der Waals surface area (Å²) in [6.07, 6.45) is 5.28. The Hall–Kier alpha value is -2.21. The van der Waals surface area contributed by atoms with E-state index in [4.69, 9.17) is 0 Å². The van der Waals surface area contributed by atoms with E-state index in [9.17, 15) is 9.18 Å². The lowest BCUT2D eigenvalue weighted by Gasteiger charge is -2.29. The van der Waals surface area contributed by atoms with Gasteiger partial charge in [-0.2, -0.15) is 0 Å². The molecule has 0 aliphatic rings. The molecule has 0 saturated heterocycles. The fourth-order valence-corrected chi connectivity index (χ4v) is 2.76. The molecule has 1 heterocycles. The Labute approximate surface area is 142 Å². The van der Waals surface area contributed by atoms with Crippen LogP contribution >= 0.6 is 0 Å². The van der Waals surface area contributed by atoms with Crippen molar-refractivity contribution in [3.05, 3.63) is 53.9 Å². The van der Waals surface area contributed by atoms with Gasteiger partial charge < -0.3 is 9.47 Å². The van der Waals surface area contributed by atoms with Crippen LogP contribution in [-0.4, -0.2) is 52.9 Å². The number of imidazole rings is 1. The Morgan fingerprint density at radius 3 is 2.58 bits per heavy atom. The van der Waals surface area contributed by atoms with E-state index in [1.54, 1.807) is 55.3 Å². The van der Waals surface area contributed by atoms with E-state index in [0.29, 0.717) is 12.1 Å². The summed E-state index contributed by atoms with van der Waals surface area (Å²) in [4.78, 5) is 20.5. The molecule has 6 heteroatoms. The molecule has 0 unspecified atom stereocenters. The van der Waals surface area contributed by atoms with Gasteiger partial charge in [0, 0.05) is 45.0 Å². The number of aromatic nitrogens is 2. The van der Waals surface area contributed by atoms with E-state index in [2.05, 4.69) is 4.98 Å². The molecule has 0 bridgehead atoms. The van der Waals surface area contributed by atoms with Crippen molar-refractivity contribution in [2.75, 3.05) is 27.7 Å². The van der Waals surface area contributed by atoms with Crippen LogP contribution in [0.15, 0.2) is 36.7 Å². The minimum absolute atomic E-state index is 0.107. The molecule has 0 aliphatic carbocycles. The molecule has 1 aromatic heterocycles. The van der Waals surface area contributed by atoms with Crippen LogP contribution in [0, 0.1) is 5.82 Å². The molecule has 130 valence electrons. The van der Waals surface area contributed by atoms with Crippen LogP contribution in [0.3, 0.4) is 0 Å². The maximum absolute atomic E-state index is 14.1. The molecule has 1 amide bonds. The highest BCUT2D eigenvalue weighted by molar-refractivity contribution is 5.83. The standard InChI is InChI=1S/C18H25FN4O/c1-21(2)17(14-8-5-6-9-15(14)19)18(24)23(4)12-7-10-16-20-11-13-22(16)3/h5-6,8-9,11,13,17H,7,10,12H2,1-4H3/t17-/m0/s1. The number of hydrogen-bond donors (Lipinski definition) is 0. The van der Waals surface area contributed by atoms with E-state index in [1.165, 1.54) is 6.07 Å². The largest absolute Gasteiger partial charge is 0.344 e. The predicted octanol–water partition coefficient (Wildman–Crippen LogP) is 2.25. The minimum atomic E-state index is -0.621. The zero-order valence-corrected chi connectivity index (χ0v) is 14.7. The molecule has 0 fully saturated rings. The van der Waals surface area contributed by atoms with Gasteiger partial charge in [0.05, 0.1) is 0 Å². The lowest BCUT2D eigenvalue weighted by molar-refractivity contribution is -0.135. The molecule has 1 atom stereocenters. The third kappa shape index (κ3) is 4.20. The molecule has 0 aliphatic heterocycles. The Morgan fingerprint density at radius 2 is 2.00 bits per heavy atom. The summed E-state index contributed by atoms with van der Waals surface area (Å²) >= 11 is 0. The van der Waals surface area contributed by atoms with Gasteiger partial charge in [-0.25, -0.2) is 9.37 Å². The van der Waals surface area contributed by atoms with Gasteiger partial charge in [-0.3, -0.25) is 9.69 Å². The number of nitrogens with zero attached hydrogens (tertiary/aromatic N) is 4. The van der Waals surface area contributed by atoms with Crippen molar-refractivity contribution in [1.29, 1.82) is 0 Å². The maximum atomic E-state index is 14.1. The first-order valence-corrected chi connectivity index (χ1v) is 8.04. The van der Waals surface area contributed by atoms with Crippen molar-refractivity contribution >= 4 is 5.91 Å². The number of rotatable bonds is 7.